The molecule has 1 atom stereocenters. The van der Waals surface area contributed by atoms with Gasteiger partial charge in [0.25, 0.3) is 0 Å². The van der Waals surface area contributed by atoms with Crippen LogP contribution in [0.2, 0.25) is 0 Å². The van der Waals surface area contributed by atoms with Gasteiger partial charge in [-0.25, -0.2) is 0 Å². The first-order chi connectivity index (χ1) is 8.58. The van der Waals surface area contributed by atoms with Crippen LogP contribution in [0.25, 0.3) is 0 Å². The predicted molar refractivity (Wildman–Crippen MR) is 83.0 cm³/mol. The van der Waals surface area contributed by atoms with Crippen LogP contribution in [-0.4, -0.2) is 5.11 Å². The molecular weight excluding hydrogens is 376 g/mol. The van der Waals surface area contributed by atoms with Gasteiger partial charge in [0.15, 0.2) is 0 Å². The number of hydrogen-bond donors (Lipinski definition) is 1. The monoisotopic (exact) mass is 386 g/mol. The number of rotatable bonds is 3. The molecule has 0 bridgehead atoms. The van der Waals surface area contributed by atoms with Gasteiger partial charge >= 0.3 is 0 Å². The molecule has 0 saturated heterocycles. The molecule has 0 spiro atoms. The molecule has 0 aliphatic rings. The maximum atomic E-state index is 9.54. The lowest BCUT2D eigenvalue weighted by molar-refractivity contribution is 0.199. The number of hydrogen-bond acceptors (Lipinski definition) is 2. The Morgan fingerprint density at radius 3 is 2.28 bits per heavy atom. The van der Waals surface area contributed by atoms with E-state index in [9.17, 15) is 5.11 Å². The van der Waals surface area contributed by atoms with Gasteiger partial charge in [0, 0.05) is 18.7 Å². The lowest BCUT2D eigenvalue weighted by Gasteiger charge is -2.10. The average molecular weight is 388 g/mol. The van der Waals surface area contributed by atoms with E-state index in [-0.39, 0.29) is 0 Å². The SMILES string of the molecule is C[C@H](O)c1ccc(Sc2ccccc2Br)c(Br)c1. The summed E-state index contributed by atoms with van der Waals surface area (Å²) in [7, 11) is 0. The Kier molecular flexibility index (Phi) is 4.90. The van der Waals surface area contributed by atoms with E-state index in [1.54, 1.807) is 18.7 Å². The van der Waals surface area contributed by atoms with Crippen LogP contribution in [0.5, 0.6) is 0 Å². The summed E-state index contributed by atoms with van der Waals surface area (Å²) < 4.78 is 2.09. The van der Waals surface area contributed by atoms with Crippen LogP contribution in [0.15, 0.2) is 61.2 Å². The molecule has 2 aromatic rings. The van der Waals surface area contributed by atoms with Gasteiger partial charge in [-0.05, 0) is 68.6 Å². The van der Waals surface area contributed by atoms with Gasteiger partial charge < -0.3 is 5.11 Å². The van der Waals surface area contributed by atoms with Crippen molar-refractivity contribution in [2.24, 2.45) is 0 Å². The van der Waals surface area contributed by atoms with E-state index in [1.807, 2.05) is 36.4 Å². The minimum absolute atomic E-state index is 0.441. The fourth-order valence-corrected chi connectivity index (χ4v) is 3.51. The molecule has 0 radical (unpaired) electrons. The Morgan fingerprint density at radius 1 is 1.00 bits per heavy atom. The first kappa shape index (κ1) is 14.1. The van der Waals surface area contributed by atoms with E-state index in [0.29, 0.717) is 0 Å². The van der Waals surface area contributed by atoms with E-state index in [2.05, 4.69) is 37.9 Å². The maximum Gasteiger partial charge on any atom is 0.0762 e. The Labute approximate surface area is 128 Å². The van der Waals surface area contributed by atoms with E-state index >= 15 is 0 Å². The van der Waals surface area contributed by atoms with Crippen molar-refractivity contribution in [2.45, 2.75) is 22.8 Å². The summed E-state index contributed by atoms with van der Waals surface area (Å²) in [5, 5.41) is 9.54. The van der Waals surface area contributed by atoms with Crippen LogP contribution >= 0.6 is 43.6 Å². The van der Waals surface area contributed by atoms with Crippen molar-refractivity contribution in [1.29, 1.82) is 0 Å². The lowest BCUT2D eigenvalue weighted by atomic mass is 10.1. The van der Waals surface area contributed by atoms with Crippen molar-refractivity contribution >= 4 is 43.6 Å². The summed E-state index contributed by atoms with van der Waals surface area (Å²) in [4.78, 5) is 2.30. The molecule has 0 heterocycles. The van der Waals surface area contributed by atoms with Gasteiger partial charge in [-0.15, -0.1) is 0 Å². The molecule has 2 rings (SSSR count). The van der Waals surface area contributed by atoms with Crippen molar-refractivity contribution in [3.8, 4) is 0 Å². The van der Waals surface area contributed by atoms with Crippen molar-refractivity contribution in [3.63, 3.8) is 0 Å². The number of benzene rings is 2. The third-order valence-corrected chi connectivity index (χ3v) is 5.52. The highest BCUT2D eigenvalue weighted by Gasteiger charge is 2.08. The molecule has 4 heteroatoms. The van der Waals surface area contributed by atoms with Crippen LogP contribution in [0.3, 0.4) is 0 Å². The number of halogens is 2. The molecular formula is C14H12Br2OS. The average Bonchev–Trinajstić information content (AvgIpc) is 2.34. The van der Waals surface area contributed by atoms with Gasteiger partial charge in [0.05, 0.1) is 6.10 Å². The highest BCUT2D eigenvalue weighted by Crippen LogP contribution is 2.38. The molecule has 0 amide bonds. The molecule has 0 saturated carbocycles. The maximum absolute atomic E-state index is 9.54. The number of aliphatic hydroxyl groups is 1. The normalized spacial score (nSPS) is 12.4. The molecule has 0 aliphatic heterocycles. The van der Waals surface area contributed by atoms with Crippen LogP contribution in [0.1, 0.15) is 18.6 Å². The predicted octanol–water partition coefficient (Wildman–Crippen LogP) is 5.42. The zero-order valence-electron chi connectivity index (χ0n) is 9.73. The second kappa shape index (κ2) is 6.24. The summed E-state index contributed by atoms with van der Waals surface area (Å²) >= 11 is 8.78. The topological polar surface area (TPSA) is 20.2 Å². The summed E-state index contributed by atoms with van der Waals surface area (Å²) in [6.07, 6.45) is -0.441. The standard InChI is InChI=1S/C14H12Br2OS/c1-9(17)10-6-7-14(12(16)8-10)18-13-5-3-2-4-11(13)15/h2-9,17H,1H3/t9-/m0/s1. The van der Waals surface area contributed by atoms with Gasteiger partial charge in [0.2, 0.25) is 0 Å². The lowest BCUT2D eigenvalue weighted by Crippen LogP contribution is -1.90. The second-order valence-corrected chi connectivity index (χ2v) is 6.69. The fourth-order valence-electron chi connectivity index (χ4n) is 1.51. The molecule has 94 valence electrons. The second-order valence-electron chi connectivity index (χ2n) is 3.90. The van der Waals surface area contributed by atoms with Gasteiger partial charge in [0.1, 0.15) is 0 Å². The third kappa shape index (κ3) is 3.38. The largest absolute Gasteiger partial charge is 0.389 e. The van der Waals surface area contributed by atoms with E-state index in [1.165, 1.54) is 4.90 Å². The quantitative estimate of drug-likeness (QED) is 0.758. The third-order valence-electron chi connectivity index (χ3n) is 2.49. The van der Waals surface area contributed by atoms with Gasteiger partial charge in [-0.3, -0.25) is 0 Å². The Morgan fingerprint density at radius 2 is 1.67 bits per heavy atom. The molecule has 0 aliphatic carbocycles. The van der Waals surface area contributed by atoms with Crippen molar-refractivity contribution < 1.29 is 5.11 Å². The van der Waals surface area contributed by atoms with E-state index < -0.39 is 6.10 Å². The van der Waals surface area contributed by atoms with Crippen molar-refractivity contribution in [1.82, 2.24) is 0 Å². The number of aliphatic hydroxyl groups excluding tert-OH is 1. The van der Waals surface area contributed by atoms with Crippen LogP contribution < -0.4 is 0 Å². The van der Waals surface area contributed by atoms with Crippen molar-refractivity contribution in [3.05, 3.63) is 57.0 Å². The van der Waals surface area contributed by atoms with Gasteiger partial charge in [-0.1, -0.05) is 30.0 Å². The zero-order valence-corrected chi connectivity index (χ0v) is 13.7. The summed E-state index contributed by atoms with van der Waals surface area (Å²) in [5.41, 5.74) is 0.915. The molecule has 0 unspecified atom stereocenters. The van der Waals surface area contributed by atoms with E-state index in [0.717, 1.165) is 19.4 Å². The molecule has 0 aromatic heterocycles. The minimum atomic E-state index is -0.441. The molecule has 18 heavy (non-hydrogen) atoms. The van der Waals surface area contributed by atoms with Crippen LogP contribution in [0, 0.1) is 0 Å². The Bertz CT molecular complexity index is 555. The van der Waals surface area contributed by atoms with E-state index in [4.69, 9.17) is 0 Å². The summed E-state index contributed by atoms with van der Waals surface area (Å²) in [6.45, 7) is 1.77. The van der Waals surface area contributed by atoms with Crippen LogP contribution in [0.4, 0.5) is 0 Å². The van der Waals surface area contributed by atoms with Crippen molar-refractivity contribution in [2.75, 3.05) is 0 Å². The fraction of sp³-hybridized carbons (Fsp3) is 0.143. The molecule has 0 fully saturated rings. The first-order valence-corrected chi connectivity index (χ1v) is 7.88. The minimum Gasteiger partial charge on any atom is -0.389 e. The van der Waals surface area contributed by atoms with Gasteiger partial charge in [-0.2, -0.15) is 0 Å². The highest BCUT2D eigenvalue weighted by atomic mass is 79.9. The van der Waals surface area contributed by atoms with Crippen LogP contribution in [-0.2, 0) is 0 Å². The zero-order chi connectivity index (χ0) is 13.1. The molecule has 1 N–H and O–H groups in total. The summed E-state index contributed by atoms with van der Waals surface area (Å²) in [5.74, 6) is 0. The first-order valence-electron chi connectivity index (χ1n) is 5.48. The highest BCUT2D eigenvalue weighted by molar-refractivity contribution is 9.11. The molecule has 2 aromatic carbocycles. The Balaban J connectivity index is 2.28. The molecule has 1 nitrogen and oxygen atoms in total. The summed E-state index contributed by atoms with van der Waals surface area (Å²) in [6, 6.07) is 14.1. The Hall–Kier alpha value is -0.290. The smallest absolute Gasteiger partial charge is 0.0762 e.